The number of ether oxygens (including phenoxy) is 1. The van der Waals surface area contributed by atoms with Crippen molar-refractivity contribution in [2.24, 2.45) is 0 Å². The SMILES string of the molecule is c1ccc(-n2nnnc2CN2CCOC3(CCC3)C2)cc1. The van der Waals surface area contributed by atoms with E-state index in [0.29, 0.717) is 0 Å². The highest BCUT2D eigenvalue weighted by molar-refractivity contribution is 5.30. The summed E-state index contributed by atoms with van der Waals surface area (Å²) in [6.07, 6.45) is 3.66. The number of nitrogens with zero attached hydrogens (tertiary/aromatic N) is 5. The zero-order valence-corrected chi connectivity index (χ0v) is 12.0. The lowest BCUT2D eigenvalue weighted by atomic mass is 9.79. The first-order valence-corrected chi connectivity index (χ1v) is 7.54. The van der Waals surface area contributed by atoms with E-state index in [-0.39, 0.29) is 5.60 Å². The highest BCUT2D eigenvalue weighted by atomic mass is 16.5. The Bertz CT molecular complexity index is 608. The van der Waals surface area contributed by atoms with Crippen LogP contribution in [0.3, 0.4) is 0 Å². The Kier molecular flexibility index (Phi) is 3.20. The lowest BCUT2D eigenvalue weighted by molar-refractivity contribution is -0.153. The highest BCUT2D eigenvalue weighted by Gasteiger charge is 2.42. The van der Waals surface area contributed by atoms with Crippen LogP contribution in [0.15, 0.2) is 30.3 Å². The molecule has 4 rings (SSSR count). The zero-order valence-electron chi connectivity index (χ0n) is 12.0. The molecule has 1 aromatic carbocycles. The van der Waals surface area contributed by atoms with Crippen LogP contribution < -0.4 is 0 Å². The third-order valence-electron chi connectivity index (χ3n) is 4.49. The van der Waals surface area contributed by atoms with Gasteiger partial charge >= 0.3 is 0 Å². The Balaban J connectivity index is 1.51. The van der Waals surface area contributed by atoms with E-state index < -0.39 is 0 Å². The molecule has 0 atom stereocenters. The van der Waals surface area contributed by atoms with Gasteiger partial charge in [-0.2, -0.15) is 4.68 Å². The van der Waals surface area contributed by atoms with Gasteiger partial charge < -0.3 is 4.74 Å². The normalized spacial score (nSPS) is 21.3. The molecule has 1 aliphatic carbocycles. The molecular weight excluding hydrogens is 266 g/mol. The molecule has 1 spiro atoms. The van der Waals surface area contributed by atoms with E-state index >= 15 is 0 Å². The van der Waals surface area contributed by atoms with E-state index in [1.807, 2.05) is 35.0 Å². The second kappa shape index (κ2) is 5.20. The molecule has 1 aliphatic heterocycles. The molecule has 21 heavy (non-hydrogen) atoms. The smallest absolute Gasteiger partial charge is 0.170 e. The predicted molar refractivity (Wildman–Crippen MR) is 77.0 cm³/mol. The molecule has 1 saturated carbocycles. The summed E-state index contributed by atoms with van der Waals surface area (Å²) in [7, 11) is 0. The number of hydrogen-bond donors (Lipinski definition) is 0. The summed E-state index contributed by atoms with van der Waals surface area (Å²) < 4.78 is 7.79. The summed E-state index contributed by atoms with van der Waals surface area (Å²) in [5, 5.41) is 12.2. The van der Waals surface area contributed by atoms with Crippen molar-refractivity contribution in [2.75, 3.05) is 19.7 Å². The van der Waals surface area contributed by atoms with Gasteiger partial charge in [-0.1, -0.05) is 18.2 Å². The van der Waals surface area contributed by atoms with E-state index in [1.165, 1.54) is 19.3 Å². The largest absolute Gasteiger partial charge is 0.372 e. The van der Waals surface area contributed by atoms with Crippen LogP contribution in [0.5, 0.6) is 0 Å². The molecule has 0 bridgehead atoms. The molecule has 2 aromatic rings. The number of morpholine rings is 1. The van der Waals surface area contributed by atoms with Gasteiger partial charge in [-0.05, 0) is 41.8 Å². The topological polar surface area (TPSA) is 56.1 Å². The van der Waals surface area contributed by atoms with Gasteiger partial charge in [0.1, 0.15) is 0 Å². The van der Waals surface area contributed by atoms with Crippen molar-refractivity contribution in [1.29, 1.82) is 0 Å². The summed E-state index contributed by atoms with van der Waals surface area (Å²) >= 11 is 0. The molecule has 6 heteroatoms. The minimum atomic E-state index is 0.114. The minimum Gasteiger partial charge on any atom is -0.372 e. The van der Waals surface area contributed by atoms with Gasteiger partial charge in [0.15, 0.2) is 5.82 Å². The van der Waals surface area contributed by atoms with E-state index in [2.05, 4.69) is 20.4 Å². The van der Waals surface area contributed by atoms with Gasteiger partial charge in [-0.15, -0.1) is 5.10 Å². The number of para-hydroxylation sites is 1. The van der Waals surface area contributed by atoms with Crippen LogP contribution in [0.1, 0.15) is 25.1 Å². The molecule has 2 aliphatic rings. The second-order valence-corrected chi connectivity index (χ2v) is 5.94. The molecule has 2 heterocycles. The van der Waals surface area contributed by atoms with Crippen LogP contribution >= 0.6 is 0 Å². The molecule has 0 N–H and O–H groups in total. The Hall–Kier alpha value is -1.79. The first kappa shape index (κ1) is 12.9. The van der Waals surface area contributed by atoms with Crippen molar-refractivity contribution in [1.82, 2.24) is 25.1 Å². The first-order chi connectivity index (χ1) is 10.3. The van der Waals surface area contributed by atoms with Crippen LogP contribution in [0.4, 0.5) is 0 Å². The van der Waals surface area contributed by atoms with Crippen molar-refractivity contribution in [2.45, 2.75) is 31.4 Å². The van der Waals surface area contributed by atoms with Crippen LogP contribution in [-0.4, -0.2) is 50.4 Å². The number of hydrogen-bond acceptors (Lipinski definition) is 5. The van der Waals surface area contributed by atoms with Crippen LogP contribution in [-0.2, 0) is 11.3 Å². The second-order valence-electron chi connectivity index (χ2n) is 5.94. The zero-order chi connectivity index (χ0) is 14.1. The van der Waals surface area contributed by atoms with E-state index in [0.717, 1.165) is 37.8 Å². The quantitative estimate of drug-likeness (QED) is 0.853. The molecule has 0 radical (unpaired) electrons. The van der Waals surface area contributed by atoms with Crippen molar-refractivity contribution < 1.29 is 4.74 Å². The molecule has 6 nitrogen and oxygen atoms in total. The molecular formula is C15H19N5O. The maximum atomic E-state index is 5.97. The van der Waals surface area contributed by atoms with Crippen molar-refractivity contribution in [3.63, 3.8) is 0 Å². The Morgan fingerprint density at radius 2 is 2.05 bits per heavy atom. The standard InChI is InChI=1S/C15H19N5O/c1-2-5-13(6-3-1)20-14(16-17-18-20)11-19-9-10-21-15(12-19)7-4-8-15/h1-3,5-6H,4,7-12H2. The number of rotatable bonds is 3. The van der Waals surface area contributed by atoms with Gasteiger partial charge in [0.2, 0.25) is 0 Å². The van der Waals surface area contributed by atoms with Gasteiger partial charge in [-0.25, -0.2) is 0 Å². The summed E-state index contributed by atoms with van der Waals surface area (Å²) in [4.78, 5) is 2.41. The fourth-order valence-corrected chi connectivity index (χ4v) is 3.21. The summed E-state index contributed by atoms with van der Waals surface area (Å²) in [6.45, 7) is 3.53. The summed E-state index contributed by atoms with van der Waals surface area (Å²) in [5.41, 5.74) is 1.12. The summed E-state index contributed by atoms with van der Waals surface area (Å²) in [6, 6.07) is 10.0. The predicted octanol–water partition coefficient (Wildman–Crippen LogP) is 1.42. The molecule has 2 fully saturated rings. The minimum absolute atomic E-state index is 0.114. The maximum Gasteiger partial charge on any atom is 0.170 e. The number of tetrazole rings is 1. The Morgan fingerprint density at radius 3 is 2.81 bits per heavy atom. The van der Waals surface area contributed by atoms with E-state index in [1.54, 1.807) is 0 Å². The van der Waals surface area contributed by atoms with Crippen LogP contribution in [0.2, 0.25) is 0 Å². The third-order valence-corrected chi connectivity index (χ3v) is 4.49. The maximum absolute atomic E-state index is 5.97. The van der Waals surface area contributed by atoms with Crippen LogP contribution in [0.25, 0.3) is 5.69 Å². The fraction of sp³-hybridized carbons (Fsp3) is 0.533. The monoisotopic (exact) mass is 285 g/mol. The van der Waals surface area contributed by atoms with E-state index in [9.17, 15) is 0 Å². The lowest BCUT2D eigenvalue weighted by Gasteiger charge is -2.48. The van der Waals surface area contributed by atoms with Crippen molar-refractivity contribution in [3.05, 3.63) is 36.2 Å². The fourth-order valence-electron chi connectivity index (χ4n) is 3.21. The van der Waals surface area contributed by atoms with Crippen molar-refractivity contribution in [3.8, 4) is 5.69 Å². The highest BCUT2D eigenvalue weighted by Crippen LogP contribution is 2.38. The molecule has 110 valence electrons. The average Bonchev–Trinajstić information content (AvgIpc) is 2.95. The van der Waals surface area contributed by atoms with Gasteiger partial charge in [0, 0.05) is 13.1 Å². The molecule has 1 aromatic heterocycles. The lowest BCUT2D eigenvalue weighted by Crippen LogP contribution is -2.55. The van der Waals surface area contributed by atoms with Gasteiger partial charge in [0.05, 0.1) is 24.4 Å². The number of benzene rings is 1. The summed E-state index contributed by atoms with van der Waals surface area (Å²) in [5.74, 6) is 0.887. The number of aromatic nitrogens is 4. The van der Waals surface area contributed by atoms with Gasteiger partial charge in [-0.3, -0.25) is 4.90 Å². The van der Waals surface area contributed by atoms with Crippen LogP contribution in [0, 0.1) is 0 Å². The molecule has 0 unspecified atom stereocenters. The van der Waals surface area contributed by atoms with Crippen molar-refractivity contribution >= 4 is 0 Å². The molecule has 0 amide bonds. The first-order valence-electron chi connectivity index (χ1n) is 7.54. The molecule has 1 saturated heterocycles. The Labute approximate surface area is 123 Å². The van der Waals surface area contributed by atoms with Gasteiger partial charge in [0.25, 0.3) is 0 Å². The average molecular weight is 285 g/mol. The van der Waals surface area contributed by atoms with E-state index in [4.69, 9.17) is 4.74 Å². The Morgan fingerprint density at radius 1 is 1.19 bits per heavy atom. The third kappa shape index (κ3) is 2.45.